The van der Waals surface area contributed by atoms with Crippen LogP contribution in [-0.2, 0) is 29.0 Å². The quantitative estimate of drug-likeness (QED) is 0.349. The Morgan fingerprint density at radius 2 is 1.31 bits per heavy atom. The molecule has 1 amide bonds. The van der Waals surface area contributed by atoms with Crippen LogP contribution in [0.1, 0.15) is 48.8 Å². The van der Waals surface area contributed by atoms with E-state index in [2.05, 4.69) is 83.4 Å². The standard InChI is InChI=1S/C31H38N2O2/c34-31(30-22-29(23-32-30)35-24-27-16-8-3-9-17-27)33-28(20-10-18-25-12-4-1-5-13-25)21-11-19-26-14-6-2-7-15-26/h1-9,12-17,28-30,32H,10-11,18-24H2,(H,33,34)/t29-,30+/m1/s1. The molecule has 4 heteroatoms. The third-order valence-corrected chi connectivity index (χ3v) is 6.80. The Morgan fingerprint density at radius 3 is 1.86 bits per heavy atom. The summed E-state index contributed by atoms with van der Waals surface area (Å²) in [7, 11) is 0. The number of benzene rings is 3. The van der Waals surface area contributed by atoms with Gasteiger partial charge in [-0.1, -0.05) is 91.0 Å². The number of amides is 1. The molecule has 35 heavy (non-hydrogen) atoms. The van der Waals surface area contributed by atoms with E-state index in [1.807, 2.05) is 18.2 Å². The van der Waals surface area contributed by atoms with E-state index in [0.717, 1.165) is 57.1 Å². The van der Waals surface area contributed by atoms with E-state index in [-0.39, 0.29) is 24.1 Å². The highest BCUT2D eigenvalue weighted by molar-refractivity contribution is 5.82. The van der Waals surface area contributed by atoms with Gasteiger partial charge in [0.05, 0.1) is 18.8 Å². The summed E-state index contributed by atoms with van der Waals surface area (Å²) < 4.78 is 6.06. The van der Waals surface area contributed by atoms with Crippen LogP contribution in [-0.4, -0.2) is 30.6 Å². The van der Waals surface area contributed by atoms with Crippen molar-refractivity contribution in [1.82, 2.24) is 10.6 Å². The fraction of sp³-hybridized carbons (Fsp3) is 0.387. The Kier molecular flexibility index (Phi) is 9.93. The molecule has 0 aliphatic carbocycles. The maximum Gasteiger partial charge on any atom is 0.237 e. The fourth-order valence-electron chi connectivity index (χ4n) is 4.80. The highest BCUT2D eigenvalue weighted by atomic mass is 16.5. The van der Waals surface area contributed by atoms with Crippen LogP contribution >= 0.6 is 0 Å². The summed E-state index contributed by atoms with van der Waals surface area (Å²) in [6, 6.07) is 31.4. The van der Waals surface area contributed by atoms with Crippen molar-refractivity contribution in [3.05, 3.63) is 108 Å². The number of carbonyl (C=O) groups is 1. The van der Waals surface area contributed by atoms with Crippen molar-refractivity contribution >= 4 is 5.91 Å². The number of carbonyl (C=O) groups excluding carboxylic acids is 1. The number of nitrogens with one attached hydrogen (secondary N) is 2. The molecule has 1 aliphatic heterocycles. The molecule has 1 fully saturated rings. The summed E-state index contributed by atoms with van der Waals surface area (Å²) in [5.41, 5.74) is 3.88. The van der Waals surface area contributed by atoms with Crippen molar-refractivity contribution in [2.45, 2.75) is 69.7 Å². The SMILES string of the molecule is O=C(NC(CCCc1ccccc1)CCCc1ccccc1)[C@@H]1C[C@@H](OCc2ccccc2)CN1. The first-order valence-electron chi connectivity index (χ1n) is 13.0. The second-order valence-corrected chi connectivity index (χ2v) is 9.58. The summed E-state index contributed by atoms with van der Waals surface area (Å²) in [6.45, 7) is 1.31. The van der Waals surface area contributed by atoms with Crippen molar-refractivity contribution in [1.29, 1.82) is 0 Å². The van der Waals surface area contributed by atoms with Crippen molar-refractivity contribution in [3.8, 4) is 0 Å². The zero-order chi connectivity index (χ0) is 24.1. The van der Waals surface area contributed by atoms with Crippen molar-refractivity contribution in [2.75, 3.05) is 6.54 Å². The lowest BCUT2D eigenvalue weighted by molar-refractivity contribution is -0.123. The Balaban J connectivity index is 1.25. The molecule has 1 heterocycles. The summed E-state index contributed by atoms with van der Waals surface area (Å²) in [5.74, 6) is 0.111. The van der Waals surface area contributed by atoms with Gasteiger partial charge in [-0.2, -0.15) is 0 Å². The van der Waals surface area contributed by atoms with Gasteiger partial charge < -0.3 is 15.4 Å². The van der Waals surface area contributed by atoms with Crippen LogP contribution in [0.25, 0.3) is 0 Å². The van der Waals surface area contributed by atoms with Gasteiger partial charge in [-0.05, 0) is 61.6 Å². The minimum absolute atomic E-state index is 0.0700. The molecule has 0 saturated carbocycles. The van der Waals surface area contributed by atoms with Crippen molar-refractivity contribution < 1.29 is 9.53 Å². The van der Waals surface area contributed by atoms with Gasteiger partial charge >= 0.3 is 0 Å². The molecule has 1 aliphatic rings. The molecule has 0 radical (unpaired) electrons. The molecular weight excluding hydrogens is 432 g/mol. The van der Waals surface area contributed by atoms with Gasteiger partial charge in [0.2, 0.25) is 5.91 Å². The molecule has 0 spiro atoms. The Labute approximate surface area is 210 Å². The average molecular weight is 471 g/mol. The van der Waals surface area contributed by atoms with E-state index >= 15 is 0 Å². The lowest BCUT2D eigenvalue weighted by atomic mass is 9.98. The van der Waals surface area contributed by atoms with Crippen LogP contribution in [0.15, 0.2) is 91.0 Å². The van der Waals surface area contributed by atoms with E-state index in [0.29, 0.717) is 6.61 Å². The molecule has 2 atom stereocenters. The van der Waals surface area contributed by atoms with Gasteiger partial charge in [-0.25, -0.2) is 0 Å². The zero-order valence-electron chi connectivity index (χ0n) is 20.6. The topological polar surface area (TPSA) is 50.4 Å². The summed E-state index contributed by atoms with van der Waals surface area (Å²) in [5, 5.41) is 6.74. The zero-order valence-corrected chi connectivity index (χ0v) is 20.6. The van der Waals surface area contributed by atoms with Gasteiger partial charge in [0.15, 0.2) is 0 Å². The molecule has 4 rings (SSSR count). The Morgan fingerprint density at radius 1 is 0.800 bits per heavy atom. The van der Waals surface area contributed by atoms with Crippen molar-refractivity contribution in [2.24, 2.45) is 0 Å². The molecule has 3 aromatic carbocycles. The highest BCUT2D eigenvalue weighted by Crippen LogP contribution is 2.16. The van der Waals surface area contributed by atoms with E-state index in [4.69, 9.17) is 4.74 Å². The molecule has 184 valence electrons. The normalized spacial score (nSPS) is 17.5. The van der Waals surface area contributed by atoms with E-state index in [9.17, 15) is 4.79 Å². The van der Waals surface area contributed by atoms with Gasteiger partial charge in [-0.15, -0.1) is 0 Å². The second kappa shape index (κ2) is 13.8. The minimum atomic E-state index is -0.179. The van der Waals surface area contributed by atoms with E-state index in [1.54, 1.807) is 0 Å². The first kappa shape index (κ1) is 25.2. The molecule has 0 bridgehead atoms. The van der Waals surface area contributed by atoms with Gasteiger partial charge in [0.25, 0.3) is 0 Å². The Bertz CT molecular complexity index is 949. The minimum Gasteiger partial charge on any atom is -0.372 e. The molecule has 0 unspecified atom stereocenters. The van der Waals surface area contributed by atoms with Crippen molar-refractivity contribution in [3.63, 3.8) is 0 Å². The van der Waals surface area contributed by atoms with E-state index < -0.39 is 0 Å². The third-order valence-electron chi connectivity index (χ3n) is 6.80. The van der Waals surface area contributed by atoms with E-state index in [1.165, 1.54) is 11.1 Å². The fourth-order valence-corrected chi connectivity index (χ4v) is 4.80. The summed E-state index contributed by atoms with van der Waals surface area (Å²) in [6.07, 6.45) is 7.01. The third kappa shape index (κ3) is 8.65. The molecular formula is C31H38N2O2. The van der Waals surface area contributed by atoms with Gasteiger partial charge in [-0.3, -0.25) is 4.79 Å². The summed E-state index contributed by atoms with van der Waals surface area (Å²) >= 11 is 0. The first-order valence-corrected chi connectivity index (χ1v) is 13.0. The van der Waals surface area contributed by atoms with Crippen LogP contribution < -0.4 is 10.6 Å². The van der Waals surface area contributed by atoms with Crippen LogP contribution in [0, 0.1) is 0 Å². The lowest BCUT2D eigenvalue weighted by Crippen LogP contribution is -2.45. The number of ether oxygens (including phenoxy) is 1. The van der Waals surface area contributed by atoms with Crippen LogP contribution in [0.3, 0.4) is 0 Å². The van der Waals surface area contributed by atoms with Crippen LogP contribution in [0.5, 0.6) is 0 Å². The van der Waals surface area contributed by atoms with Gasteiger partial charge in [0, 0.05) is 12.6 Å². The number of rotatable bonds is 13. The Hall–Kier alpha value is -2.95. The largest absolute Gasteiger partial charge is 0.372 e. The van der Waals surface area contributed by atoms with Crippen LogP contribution in [0.2, 0.25) is 0 Å². The molecule has 0 aromatic heterocycles. The lowest BCUT2D eigenvalue weighted by Gasteiger charge is -2.21. The number of hydrogen-bond donors (Lipinski definition) is 2. The summed E-state index contributed by atoms with van der Waals surface area (Å²) in [4.78, 5) is 13.1. The smallest absolute Gasteiger partial charge is 0.237 e. The number of hydrogen-bond acceptors (Lipinski definition) is 3. The first-order chi connectivity index (χ1) is 17.3. The molecule has 3 aromatic rings. The second-order valence-electron chi connectivity index (χ2n) is 9.58. The average Bonchev–Trinajstić information content (AvgIpc) is 3.39. The number of aryl methyl sites for hydroxylation is 2. The van der Waals surface area contributed by atoms with Crippen LogP contribution in [0.4, 0.5) is 0 Å². The molecule has 4 nitrogen and oxygen atoms in total. The maximum absolute atomic E-state index is 13.1. The van der Waals surface area contributed by atoms with Gasteiger partial charge in [0.1, 0.15) is 0 Å². The predicted molar refractivity (Wildman–Crippen MR) is 142 cm³/mol. The predicted octanol–water partition coefficient (Wildman–Crippen LogP) is 5.46. The molecule has 2 N–H and O–H groups in total. The maximum atomic E-state index is 13.1. The molecule has 1 saturated heterocycles. The highest BCUT2D eigenvalue weighted by Gasteiger charge is 2.30. The monoisotopic (exact) mass is 470 g/mol.